The smallest absolute Gasteiger partial charge is 0.160 e. The van der Waals surface area contributed by atoms with Crippen LogP contribution >= 0.6 is 0 Å². The number of benzene rings is 6. The molecule has 1 atom stereocenters. The minimum absolute atomic E-state index is 0.327. The van der Waals surface area contributed by atoms with Gasteiger partial charge in [-0.1, -0.05) is 97.1 Å². The number of amidine groups is 2. The zero-order chi connectivity index (χ0) is 31.6. The highest BCUT2D eigenvalue weighted by molar-refractivity contribution is 6.25. The third-order valence-electron chi connectivity index (χ3n) is 9.23. The summed E-state index contributed by atoms with van der Waals surface area (Å²) in [4.78, 5) is 14.9. The Hall–Kier alpha value is -6.53. The maximum absolute atomic E-state index is 6.71. The summed E-state index contributed by atoms with van der Waals surface area (Å²) < 4.78 is 12.9. The van der Waals surface area contributed by atoms with Gasteiger partial charge in [0, 0.05) is 50.6 Å². The van der Waals surface area contributed by atoms with Gasteiger partial charge in [0.05, 0.1) is 0 Å². The van der Waals surface area contributed by atoms with E-state index in [1.54, 1.807) is 6.20 Å². The Morgan fingerprint density at radius 2 is 1.35 bits per heavy atom. The van der Waals surface area contributed by atoms with Crippen LogP contribution in [0.3, 0.4) is 0 Å². The first-order valence-electron chi connectivity index (χ1n) is 16.0. The molecule has 48 heavy (non-hydrogen) atoms. The van der Waals surface area contributed by atoms with Gasteiger partial charge in [0.2, 0.25) is 0 Å². The molecule has 9 aromatic rings. The van der Waals surface area contributed by atoms with Crippen molar-refractivity contribution in [1.29, 1.82) is 0 Å². The van der Waals surface area contributed by atoms with E-state index in [-0.39, 0.29) is 6.17 Å². The van der Waals surface area contributed by atoms with Crippen LogP contribution in [0.25, 0.3) is 65.8 Å². The van der Waals surface area contributed by atoms with Crippen LogP contribution in [0.4, 0.5) is 0 Å². The number of aromatic nitrogens is 1. The molecule has 10 rings (SSSR count). The molecule has 1 unspecified atom stereocenters. The summed E-state index contributed by atoms with van der Waals surface area (Å²) in [6.07, 6.45) is 3.29. The van der Waals surface area contributed by atoms with Crippen LogP contribution in [0.15, 0.2) is 165 Å². The second-order valence-electron chi connectivity index (χ2n) is 12.0. The summed E-state index contributed by atoms with van der Waals surface area (Å²) in [7, 11) is 0. The van der Waals surface area contributed by atoms with E-state index < -0.39 is 0 Å². The van der Waals surface area contributed by atoms with Gasteiger partial charge in [-0.3, -0.25) is 4.98 Å². The fourth-order valence-corrected chi connectivity index (χ4v) is 6.98. The molecule has 226 valence electrons. The lowest BCUT2D eigenvalue weighted by atomic mass is 9.95. The molecular weight excluding hydrogens is 592 g/mol. The molecule has 1 aliphatic rings. The van der Waals surface area contributed by atoms with Crippen molar-refractivity contribution in [3.05, 3.63) is 163 Å². The average molecular weight is 619 g/mol. The van der Waals surface area contributed by atoms with E-state index >= 15 is 0 Å². The van der Waals surface area contributed by atoms with E-state index in [0.29, 0.717) is 5.84 Å². The Morgan fingerprint density at radius 1 is 0.562 bits per heavy atom. The number of hydrogen-bond acceptors (Lipinski definition) is 6. The molecule has 6 heteroatoms. The minimum atomic E-state index is -0.327. The number of para-hydroxylation sites is 1. The van der Waals surface area contributed by atoms with Crippen molar-refractivity contribution in [2.75, 3.05) is 0 Å². The predicted octanol–water partition coefficient (Wildman–Crippen LogP) is 10.2. The van der Waals surface area contributed by atoms with E-state index in [9.17, 15) is 0 Å². The maximum atomic E-state index is 6.71. The summed E-state index contributed by atoms with van der Waals surface area (Å²) >= 11 is 0. The van der Waals surface area contributed by atoms with Crippen molar-refractivity contribution in [1.82, 2.24) is 10.3 Å². The molecule has 4 heterocycles. The van der Waals surface area contributed by atoms with Gasteiger partial charge in [-0.15, -0.1) is 0 Å². The van der Waals surface area contributed by atoms with Crippen LogP contribution in [-0.2, 0) is 0 Å². The number of furan rings is 2. The number of hydrogen-bond donors (Lipinski definition) is 1. The first-order valence-corrected chi connectivity index (χ1v) is 16.0. The Kier molecular flexibility index (Phi) is 5.84. The Morgan fingerprint density at radius 3 is 2.29 bits per heavy atom. The highest BCUT2D eigenvalue weighted by Crippen LogP contribution is 2.43. The highest BCUT2D eigenvalue weighted by atomic mass is 16.3. The SMILES string of the molecule is c1ccc(C2N=C(c3ccc(-c4cccc5oc6ccncc6c45)c4oc5ccccc5c34)N=C(c3ccc4ccccc4c3)N2)cc1. The van der Waals surface area contributed by atoms with Crippen molar-refractivity contribution in [3.8, 4) is 11.1 Å². The number of fused-ring (bicyclic) bond motifs is 7. The first kappa shape index (κ1) is 26.7. The molecule has 0 radical (unpaired) electrons. The molecule has 1 N–H and O–H groups in total. The van der Waals surface area contributed by atoms with Gasteiger partial charge in [-0.25, -0.2) is 9.98 Å². The van der Waals surface area contributed by atoms with Gasteiger partial charge < -0.3 is 14.2 Å². The second kappa shape index (κ2) is 10.5. The topological polar surface area (TPSA) is 75.9 Å². The normalized spacial score (nSPS) is 14.9. The number of nitrogens with zero attached hydrogens (tertiary/aromatic N) is 3. The quantitative estimate of drug-likeness (QED) is 0.213. The lowest BCUT2D eigenvalue weighted by Crippen LogP contribution is -2.33. The molecule has 1 aliphatic heterocycles. The van der Waals surface area contributed by atoms with Crippen molar-refractivity contribution >= 4 is 66.3 Å². The van der Waals surface area contributed by atoms with E-state index in [2.05, 4.69) is 89.2 Å². The molecule has 0 spiro atoms. The number of rotatable bonds is 4. The number of nitrogens with one attached hydrogen (secondary N) is 1. The van der Waals surface area contributed by atoms with Crippen LogP contribution in [0.2, 0.25) is 0 Å². The van der Waals surface area contributed by atoms with Crippen LogP contribution in [0.1, 0.15) is 22.9 Å². The molecule has 6 nitrogen and oxygen atoms in total. The maximum Gasteiger partial charge on any atom is 0.160 e. The van der Waals surface area contributed by atoms with Gasteiger partial charge in [-0.2, -0.15) is 0 Å². The van der Waals surface area contributed by atoms with Gasteiger partial charge >= 0.3 is 0 Å². The van der Waals surface area contributed by atoms with E-state index in [4.69, 9.17) is 18.8 Å². The predicted molar refractivity (Wildman–Crippen MR) is 194 cm³/mol. The van der Waals surface area contributed by atoms with E-state index in [1.165, 1.54) is 5.39 Å². The Balaban J connectivity index is 1.23. The Bertz CT molecular complexity index is 2770. The molecule has 0 bridgehead atoms. The summed E-state index contributed by atoms with van der Waals surface area (Å²) in [5.41, 5.74) is 8.14. The van der Waals surface area contributed by atoms with Gasteiger partial charge in [0.1, 0.15) is 34.3 Å². The average Bonchev–Trinajstić information content (AvgIpc) is 3.74. The molecule has 0 saturated carbocycles. The van der Waals surface area contributed by atoms with E-state index in [0.717, 1.165) is 82.9 Å². The fourth-order valence-electron chi connectivity index (χ4n) is 6.98. The summed E-state index contributed by atoms with van der Waals surface area (Å²) in [6, 6.07) is 45.6. The van der Waals surface area contributed by atoms with Crippen LogP contribution in [0, 0.1) is 0 Å². The molecular formula is C42H26N4O2. The lowest BCUT2D eigenvalue weighted by Gasteiger charge is -2.24. The zero-order valence-electron chi connectivity index (χ0n) is 25.6. The van der Waals surface area contributed by atoms with Crippen LogP contribution in [-0.4, -0.2) is 16.7 Å². The second-order valence-corrected chi connectivity index (χ2v) is 12.0. The molecule has 0 amide bonds. The number of pyridine rings is 1. The van der Waals surface area contributed by atoms with Gasteiger partial charge in [0.15, 0.2) is 5.84 Å². The molecule has 0 aliphatic carbocycles. The van der Waals surface area contributed by atoms with E-state index in [1.807, 2.05) is 60.8 Å². The molecule has 3 aromatic heterocycles. The number of aliphatic imine (C=N–C) groups is 2. The van der Waals surface area contributed by atoms with Crippen LogP contribution < -0.4 is 5.32 Å². The highest BCUT2D eigenvalue weighted by Gasteiger charge is 2.26. The van der Waals surface area contributed by atoms with Gasteiger partial charge in [-0.05, 0) is 58.3 Å². The van der Waals surface area contributed by atoms with Crippen molar-refractivity contribution < 1.29 is 8.83 Å². The molecule has 6 aromatic carbocycles. The van der Waals surface area contributed by atoms with Crippen LogP contribution in [0.5, 0.6) is 0 Å². The Labute approximate surface area is 274 Å². The van der Waals surface area contributed by atoms with Crippen molar-refractivity contribution in [2.45, 2.75) is 6.17 Å². The minimum Gasteiger partial charge on any atom is -0.456 e. The van der Waals surface area contributed by atoms with Crippen molar-refractivity contribution in [2.24, 2.45) is 9.98 Å². The first-order chi connectivity index (χ1) is 23.8. The lowest BCUT2D eigenvalue weighted by molar-refractivity contribution is 0.668. The fraction of sp³-hybridized carbons (Fsp3) is 0.0238. The van der Waals surface area contributed by atoms with Gasteiger partial charge in [0.25, 0.3) is 0 Å². The monoisotopic (exact) mass is 618 g/mol. The summed E-state index contributed by atoms with van der Waals surface area (Å²) in [6.45, 7) is 0. The third kappa shape index (κ3) is 4.16. The van der Waals surface area contributed by atoms with Crippen molar-refractivity contribution in [3.63, 3.8) is 0 Å². The zero-order valence-corrected chi connectivity index (χ0v) is 25.6. The third-order valence-corrected chi connectivity index (χ3v) is 9.23. The molecule has 0 fully saturated rings. The largest absolute Gasteiger partial charge is 0.456 e. The summed E-state index contributed by atoms with van der Waals surface area (Å²) in [5, 5.41) is 9.92. The molecule has 0 saturated heterocycles. The standard InChI is InChI=1S/C42H26N4O2/c1-2-10-26(11-3-1)40-44-41(28-18-17-25-9-4-5-12-27(25)23-28)46-42(45-40)32-20-19-30(39-38(32)31-13-6-7-15-34(31)48-39)29-14-8-16-36-37(29)33-24-43-22-21-35(33)47-36/h1-24,40H,(H,44,45,46). The summed E-state index contributed by atoms with van der Waals surface area (Å²) in [5.74, 6) is 1.41.